The molecular weight excluding hydrogens is 508 g/mol. The van der Waals surface area contributed by atoms with Crippen molar-refractivity contribution in [3.63, 3.8) is 0 Å². The number of benzene rings is 1. The molecule has 1 aromatic heterocycles. The monoisotopic (exact) mass is 546 g/mol. The molecule has 6 atom stereocenters. The average molecular weight is 547 g/mol. The molecule has 1 heterocycles. The summed E-state index contributed by atoms with van der Waals surface area (Å²) < 4.78 is 0. The molecule has 4 amide bonds. The minimum atomic E-state index is -1.33. The molecular formula is C26H38N6O7. The standard InChI is InChI=1S/C26H38N6O7/c1-4-13(2)22(32-23(35)18(9-10-20(27)34)30-24(36)21(28)14(3)33)25(37)31-19(26(38)39)11-15-12-29-17-8-6-5-7-16(15)17/h5-8,12-14,18-19,21-22,29,33H,4,9-11,28H2,1-3H3,(H2,27,34)(H,30,36)(H,31,37)(H,32,35)(H,38,39). The SMILES string of the molecule is CCC(C)C(NC(=O)C(CCC(N)=O)NC(=O)C(N)C(C)O)C(=O)NC(Cc1c[nH]c2ccccc12)C(=O)O. The number of aliphatic hydroxyl groups excluding tert-OH is 1. The summed E-state index contributed by atoms with van der Waals surface area (Å²) in [6.07, 6.45) is 0.532. The summed E-state index contributed by atoms with van der Waals surface area (Å²) in [4.78, 5) is 65.3. The van der Waals surface area contributed by atoms with Crippen LogP contribution < -0.4 is 27.4 Å². The lowest BCUT2D eigenvalue weighted by atomic mass is 9.96. The number of aliphatic hydroxyl groups is 1. The summed E-state index contributed by atoms with van der Waals surface area (Å²) in [5.41, 5.74) is 12.4. The van der Waals surface area contributed by atoms with Gasteiger partial charge < -0.3 is 42.6 Å². The van der Waals surface area contributed by atoms with Gasteiger partial charge in [0, 0.05) is 29.9 Å². The summed E-state index contributed by atoms with van der Waals surface area (Å²) in [6, 6.07) is 2.32. The number of hydrogen-bond acceptors (Lipinski definition) is 7. The number of para-hydroxylation sites is 1. The minimum absolute atomic E-state index is 0.000779. The van der Waals surface area contributed by atoms with Crippen LogP contribution in [0.5, 0.6) is 0 Å². The van der Waals surface area contributed by atoms with Crippen LogP contribution in [0, 0.1) is 5.92 Å². The normalized spacial score (nSPS) is 15.8. The van der Waals surface area contributed by atoms with Crippen molar-refractivity contribution in [1.82, 2.24) is 20.9 Å². The topological polar surface area (TPSA) is 230 Å². The number of fused-ring (bicyclic) bond motifs is 1. The molecule has 39 heavy (non-hydrogen) atoms. The number of hydrogen-bond donors (Lipinski definition) is 8. The Balaban J connectivity index is 2.21. The third-order valence-electron chi connectivity index (χ3n) is 6.64. The Kier molecular flexibility index (Phi) is 11.4. The highest BCUT2D eigenvalue weighted by molar-refractivity contribution is 5.95. The molecule has 6 unspecified atom stereocenters. The van der Waals surface area contributed by atoms with Gasteiger partial charge in [-0.05, 0) is 30.9 Å². The Bertz CT molecular complexity index is 1180. The van der Waals surface area contributed by atoms with Crippen LogP contribution in [0.3, 0.4) is 0 Å². The number of carbonyl (C=O) groups excluding carboxylic acids is 4. The molecule has 2 rings (SSSR count). The lowest BCUT2D eigenvalue weighted by Crippen LogP contribution is -2.59. The molecule has 13 heteroatoms. The van der Waals surface area contributed by atoms with Gasteiger partial charge in [0.25, 0.3) is 0 Å². The van der Waals surface area contributed by atoms with Crippen LogP contribution in [-0.4, -0.2) is 75.1 Å². The Labute approximate surface area is 226 Å². The maximum absolute atomic E-state index is 13.3. The largest absolute Gasteiger partial charge is 0.480 e. The first-order valence-corrected chi connectivity index (χ1v) is 12.8. The zero-order valence-corrected chi connectivity index (χ0v) is 22.3. The Morgan fingerprint density at radius 3 is 2.21 bits per heavy atom. The van der Waals surface area contributed by atoms with Crippen molar-refractivity contribution in [3.05, 3.63) is 36.0 Å². The molecule has 0 bridgehead atoms. The Morgan fingerprint density at radius 2 is 1.62 bits per heavy atom. The number of primary amides is 1. The van der Waals surface area contributed by atoms with E-state index in [9.17, 15) is 34.2 Å². The zero-order valence-electron chi connectivity index (χ0n) is 22.3. The number of rotatable bonds is 15. The third-order valence-corrected chi connectivity index (χ3v) is 6.64. The van der Waals surface area contributed by atoms with Crippen molar-refractivity contribution in [3.8, 4) is 0 Å². The van der Waals surface area contributed by atoms with Crippen LogP contribution in [0.25, 0.3) is 10.9 Å². The molecule has 1 aromatic carbocycles. The van der Waals surface area contributed by atoms with Crippen molar-refractivity contribution >= 4 is 40.5 Å². The smallest absolute Gasteiger partial charge is 0.326 e. The quantitative estimate of drug-likeness (QED) is 0.142. The summed E-state index contributed by atoms with van der Waals surface area (Å²) in [5.74, 6) is -4.70. The fourth-order valence-corrected chi connectivity index (χ4v) is 3.98. The second-order valence-electron chi connectivity index (χ2n) is 9.67. The van der Waals surface area contributed by atoms with Crippen molar-refractivity contribution in [2.24, 2.45) is 17.4 Å². The number of nitrogens with two attached hydrogens (primary N) is 2. The van der Waals surface area contributed by atoms with E-state index in [2.05, 4.69) is 20.9 Å². The number of nitrogens with one attached hydrogen (secondary N) is 4. The number of aliphatic carboxylic acids is 1. The maximum atomic E-state index is 13.3. The van der Waals surface area contributed by atoms with E-state index in [0.29, 0.717) is 12.0 Å². The predicted octanol–water partition coefficient (Wildman–Crippen LogP) is -0.731. The highest BCUT2D eigenvalue weighted by atomic mass is 16.4. The maximum Gasteiger partial charge on any atom is 0.326 e. The molecule has 0 fully saturated rings. The molecule has 0 saturated carbocycles. The number of carboxylic acid groups (broad SMARTS) is 1. The van der Waals surface area contributed by atoms with Gasteiger partial charge >= 0.3 is 5.97 Å². The number of H-pyrrole nitrogens is 1. The number of carbonyl (C=O) groups is 5. The molecule has 13 nitrogen and oxygen atoms in total. The van der Waals surface area contributed by atoms with Crippen LogP contribution in [0.1, 0.15) is 45.6 Å². The van der Waals surface area contributed by atoms with Gasteiger partial charge in [0.05, 0.1) is 6.10 Å². The fraction of sp³-hybridized carbons (Fsp3) is 0.500. The predicted molar refractivity (Wildman–Crippen MR) is 143 cm³/mol. The average Bonchev–Trinajstić information content (AvgIpc) is 3.30. The van der Waals surface area contributed by atoms with E-state index in [1.54, 1.807) is 20.0 Å². The number of carboxylic acids is 1. The van der Waals surface area contributed by atoms with Crippen LogP contribution in [0.15, 0.2) is 30.5 Å². The molecule has 0 aliphatic rings. The first-order chi connectivity index (χ1) is 18.3. The van der Waals surface area contributed by atoms with Gasteiger partial charge in [0.1, 0.15) is 24.2 Å². The molecule has 2 aromatic rings. The third kappa shape index (κ3) is 8.79. The molecule has 10 N–H and O–H groups in total. The highest BCUT2D eigenvalue weighted by Gasteiger charge is 2.33. The van der Waals surface area contributed by atoms with E-state index in [1.165, 1.54) is 6.92 Å². The molecule has 0 aliphatic heterocycles. The van der Waals surface area contributed by atoms with Crippen molar-refractivity contribution in [2.45, 2.75) is 76.7 Å². The van der Waals surface area contributed by atoms with E-state index < -0.39 is 65.8 Å². The van der Waals surface area contributed by atoms with E-state index in [-0.39, 0.29) is 19.3 Å². The summed E-state index contributed by atoms with van der Waals surface area (Å²) >= 11 is 0. The lowest BCUT2D eigenvalue weighted by molar-refractivity contribution is -0.142. The van der Waals surface area contributed by atoms with Crippen molar-refractivity contribution < 1.29 is 34.2 Å². The van der Waals surface area contributed by atoms with Gasteiger partial charge in [-0.2, -0.15) is 0 Å². The van der Waals surface area contributed by atoms with Crippen molar-refractivity contribution in [1.29, 1.82) is 0 Å². The van der Waals surface area contributed by atoms with Crippen molar-refractivity contribution in [2.75, 3.05) is 0 Å². The van der Waals surface area contributed by atoms with E-state index in [4.69, 9.17) is 11.5 Å². The van der Waals surface area contributed by atoms with Gasteiger partial charge in [-0.1, -0.05) is 38.5 Å². The second kappa shape index (κ2) is 14.3. The number of aromatic amines is 1. The first-order valence-electron chi connectivity index (χ1n) is 12.8. The van der Waals surface area contributed by atoms with E-state index in [1.807, 2.05) is 24.3 Å². The molecule has 0 radical (unpaired) electrons. The molecule has 0 spiro atoms. The minimum Gasteiger partial charge on any atom is -0.480 e. The second-order valence-corrected chi connectivity index (χ2v) is 9.67. The van der Waals surface area contributed by atoms with Gasteiger partial charge in [-0.3, -0.25) is 19.2 Å². The number of aromatic nitrogens is 1. The first kappa shape index (κ1) is 31.2. The highest BCUT2D eigenvalue weighted by Crippen LogP contribution is 2.19. The molecule has 0 aliphatic carbocycles. The summed E-state index contributed by atoms with van der Waals surface area (Å²) in [5, 5.41) is 27.7. The van der Waals surface area contributed by atoms with Crippen LogP contribution in [0.4, 0.5) is 0 Å². The van der Waals surface area contributed by atoms with E-state index >= 15 is 0 Å². The van der Waals surface area contributed by atoms with E-state index in [0.717, 1.165) is 10.9 Å². The Hall–Kier alpha value is -3.97. The van der Waals surface area contributed by atoms with Crippen LogP contribution in [-0.2, 0) is 30.4 Å². The fourth-order valence-electron chi connectivity index (χ4n) is 3.98. The van der Waals surface area contributed by atoms with Crippen LogP contribution >= 0.6 is 0 Å². The zero-order chi connectivity index (χ0) is 29.3. The summed E-state index contributed by atoms with van der Waals surface area (Å²) in [7, 11) is 0. The van der Waals surface area contributed by atoms with Crippen LogP contribution in [0.2, 0.25) is 0 Å². The van der Waals surface area contributed by atoms with Gasteiger partial charge in [0.2, 0.25) is 23.6 Å². The Morgan fingerprint density at radius 1 is 0.974 bits per heavy atom. The number of amides is 4. The van der Waals surface area contributed by atoms with Gasteiger partial charge in [0.15, 0.2) is 0 Å². The van der Waals surface area contributed by atoms with Gasteiger partial charge in [-0.25, -0.2) is 4.79 Å². The molecule has 0 saturated heterocycles. The lowest BCUT2D eigenvalue weighted by Gasteiger charge is -2.28. The summed E-state index contributed by atoms with van der Waals surface area (Å²) in [6.45, 7) is 4.81. The van der Waals surface area contributed by atoms with Gasteiger partial charge in [-0.15, -0.1) is 0 Å². The molecule has 214 valence electrons.